The molecule has 0 fully saturated rings. The number of nitrogens with zero attached hydrogens (tertiary/aromatic N) is 3. The average Bonchev–Trinajstić information content (AvgIpc) is 3.04. The van der Waals surface area contributed by atoms with E-state index in [9.17, 15) is 9.59 Å². The van der Waals surface area contributed by atoms with Crippen LogP contribution >= 0.6 is 0 Å². The molecule has 1 amide bonds. The largest absolute Gasteiger partial charge is 0.324 e. The van der Waals surface area contributed by atoms with Crippen LogP contribution in [0.2, 0.25) is 0 Å². The highest BCUT2D eigenvalue weighted by Gasteiger charge is 2.17. The molecule has 4 aromatic rings. The quantitative estimate of drug-likeness (QED) is 0.597. The van der Waals surface area contributed by atoms with Crippen LogP contribution in [0.25, 0.3) is 16.7 Å². The second-order valence-electron chi connectivity index (χ2n) is 5.80. The number of aromatic nitrogens is 4. The lowest BCUT2D eigenvalue weighted by atomic mass is 10.2. The van der Waals surface area contributed by atoms with Gasteiger partial charge in [-0.05, 0) is 31.2 Å². The molecule has 0 radical (unpaired) electrons. The number of rotatable bonds is 3. The third-order valence-electron chi connectivity index (χ3n) is 3.94. The molecule has 26 heavy (non-hydrogen) atoms. The summed E-state index contributed by atoms with van der Waals surface area (Å²) >= 11 is 0. The first-order chi connectivity index (χ1) is 12.6. The molecular weight excluding hydrogens is 330 g/mol. The van der Waals surface area contributed by atoms with Gasteiger partial charge in [-0.2, -0.15) is 5.10 Å². The third kappa shape index (κ3) is 2.86. The Morgan fingerprint density at radius 2 is 1.81 bits per heavy atom. The minimum absolute atomic E-state index is 0.195. The molecule has 128 valence electrons. The van der Waals surface area contributed by atoms with Gasteiger partial charge in [-0.15, -0.1) is 0 Å². The van der Waals surface area contributed by atoms with Crippen molar-refractivity contribution >= 4 is 22.9 Å². The van der Waals surface area contributed by atoms with Gasteiger partial charge >= 0.3 is 0 Å². The first-order valence-corrected chi connectivity index (χ1v) is 8.04. The lowest BCUT2D eigenvalue weighted by Gasteiger charge is -2.10. The standard InChI is InChI=1S/C19H15N5O2/c1-12-11-16(25)17(23-24(12)13-7-3-2-4-8-13)18(26)22-19-20-14-9-5-6-10-15(14)21-19/h2-11H,1H3,(H2,20,21,22,26). The van der Waals surface area contributed by atoms with Gasteiger partial charge in [0.05, 0.1) is 16.7 Å². The van der Waals surface area contributed by atoms with E-state index in [-0.39, 0.29) is 11.6 Å². The average molecular weight is 345 g/mol. The number of amides is 1. The molecule has 7 nitrogen and oxygen atoms in total. The maximum Gasteiger partial charge on any atom is 0.282 e. The number of nitrogens with one attached hydrogen (secondary N) is 2. The number of imidazole rings is 1. The topological polar surface area (TPSA) is 92.7 Å². The number of benzene rings is 2. The smallest absolute Gasteiger partial charge is 0.282 e. The van der Waals surface area contributed by atoms with E-state index in [2.05, 4.69) is 20.4 Å². The summed E-state index contributed by atoms with van der Waals surface area (Å²) in [5.41, 5.74) is 2.29. The number of fused-ring (bicyclic) bond motifs is 1. The molecule has 0 atom stereocenters. The molecule has 2 aromatic carbocycles. The number of aryl methyl sites for hydroxylation is 1. The van der Waals surface area contributed by atoms with Crippen molar-refractivity contribution < 1.29 is 4.79 Å². The number of carbonyl (C=O) groups excluding carboxylic acids is 1. The highest BCUT2D eigenvalue weighted by Crippen LogP contribution is 2.14. The predicted octanol–water partition coefficient (Wildman–Crippen LogP) is 2.67. The SMILES string of the molecule is Cc1cc(=O)c(C(=O)Nc2nc3ccccc3[nH]2)nn1-c1ccccc1. The Kier molecular flexibility index (Phi) is 3.81. The number of hydrogen-bond donors (Lipinski definition) is 2. The number of carbonyl (C=O) groups is 1. The fourth-order valence-corrected chi connectivity index (χ4v) is 2.71. The highest BCUT2D eigenvalue weighted by molar-refractivity contribution is 6.02. The van der Waals surface area contributed by atoms with E-state index < -0.39 is 11.3 Å². The molecule has 2 N–H and O–H groups in total. The highest BCUT2D eigenvalue weighted by atomic mass is 16.2. The van der Waals surface area contributed by atoms with Crippen molar-refractivity contribution in [3.05, 3.63) is 82.3 Å². The summed E-state index contributed by atoms with van der Waals surface area (Å²) in [5.74, 6) is -0.344. The second-order valence-corrected chi connectivity index (χ2v) is 5.80. The first kappa shape index (κ1) is 15.8. The van der Waals surface area contributed by atoms with Gasteiger partial charge in [0.2, 0.25) is 11.4 Å². The Bertz CT molecular complexity index is 1130. The molecule has 0 unspecified atom stereocenters. The van der Waals surface area contributed by atoms with Gasteiger partial charge < -0.3 is 4.98 Å². The van der Waals surface area contributed by atoms with Crippen molar-refractivity contribution in [2.24, 2.45) is 0 Å². The zero-order valence-corrected chi connectivity index (χ0v) is 13.9. The van der Waals surface area contributed by atoms with Crippen LogP contribution in [-0.4, -0.2) is 25.7 Å². The summed E-state index contributed by atoms with van der Waals surface area (Å²) in [7, 11) is 0. The van der Waals surface area contributed by atoms with Crippen molar-refractivity contribution in [3.8, 4) is 5.69 Å². The molecule has 2 heterocycles. The first-order valence-electron chi connectivity index (χ1n) is 8.04. The van der Waals surface area contributed by atoms with E-state index in [1.807, 2.05) is 54.6 Å². The molecule has 0 bridgehead atoms. The Labute approximate surface area is 148 Å². The van der Waals surface area contributed by atoms with Gasteiger partial charge in [0, 0.05) is 11.8 Å². The van der Waals surface area contributed by atoms with Crippen LogP contribution in [0.1, 0.15) is 16.2 Å². The second kappa shape index (κ2) is 6.29. The van der Waals surface area contributed by atoms with E-state index in [0.717, 1.165) is 16.7 Å². The Morgan fingerprint density at radius 3 is 2.58 bits per heavy atom. The van der Waals surface area contributed by atoms with Crippen LogP contribution in [0.3, 0.4) is 0 Å². The molecule has 0 saturated carbocycles. The van der Waals surface area contributed by atoms with Crippen molar-refractivity contribution in [1.82, 2.24) is 19.7 Å². The lowest BCUT2D eigenvalue weighted by Crippen LogP contribution is -2.27. The molecule has 2 aromatic heterocycles. The van der Waals surface area contributed by atoms with Crippen LogP contribution in [0.15, 0.2) is 65.5 Å². The Morgan fingerprint density at radius 1 is 1.08 bits per heavy atom. The Hall–Kier alpha value is -3.74. The number of hydrogen-bond acceptors (Lipinski definition) is 4. The van der Waals surface area contributed by atoms with E-state index in [1.54, 1.807) is 11.6 Å². The zero-order chi connectivity index (χ0) is 18.1. The summed E-state index contributed by atoms with van der Waals surface area (Å²) in [6, 6.07) is 18.1. The van der Waals surface area contributed by atoms with Crippen LogP contribution in [0.4, 0.5) is 5.95 Å². The van der Waals surface area contributed by atoms with Crippen LogP contribution < -0.4 is 10.7 Å². The fourth-order valence-electron chi connectivity index (χ4n) is 2.71. The number of para-hydroxylation sites is 3. The summed E-state index contributed by atoms with van der Waals surface area (Å²) in [6.07, 6.45) is 0. The van der Waals surface area contributed by atoms with Crippen LogP contribution in [0.5, 0.6) is 0 Å². The van der Waals surface area contributed by atoms with Crippen molar-refractivity contribution in [2.45, 2.75) is 6.92 Å². The fraction of sp³-hybridized carbons (Fsp3) is 0.0526. The van der Waals surface area contributed by atoms with Gasteiger partial charge in [0.1, 0.15) is 0 Å². The summed E-state index contributed by atoms with van der Waals surface area (Å²) in [6.45, 7) is 1.77. The van der Waals surface area contributed by atoms with Crippen LogP contribution in [0, 0.1) is 6.92 Å². The molecule has 0 aliphatic carbocycles. The summed E-state index contributed by atoms with van der Waals surface area (Å²) < 4.78 is 1.56. The third-order valence-corrected chi connectivity index (χ3v) is 3.94. The minimum atomic E-state index is -0.612. The number of anilines is 1. The van der Waals surface area contributed by atoms with E-state index >= 15 is 0 Å². The van der Waals surface area contributed by atoms with E-state index in [0.29, 0.717) is 5.69 Å². The summed E-state index contributed by atoms with van der Waals surface area (Å²) in [4.78, 5) is 32.1. The van der Waals surface area contributed by atoms with E-state index in [1.165, 1.54) is 6.07 Å². The van der Waals surface area contributed by atoms with Gasteiger partial charge in [-0.25, -0.2) is 9.67 Å². The monoisotopic (exact) mass is 345 g/mol. The zero-order valence-electron chi connectivity index (χ0n) is 13.9. The normalized spacial score (nSPS) is 10.8. The van der Waals surface area contributed by atoms with Crippen LogP contribution in [-0.2, 0) is 0 Å². The van der Waals surface area contributed by atoms with Crippen molar-refractivity contribution in [1.29, 1.82) is 0 Å². The maximum absolute atomic E-state index is 12.6. The van der Waals surface area contributed by atoms with Crippen molar-refractivity contribution in [2.75, 3.05) is 5.32 Å². The molecular formula is C19H15N5O2. The molecule has 0 aliphatic rings. The van der Waals surface area contributed by atoms with Gasteiger partial charge in [0.25, 0.3) is 5.91 Å². The maximum atomic E-state index is 12.6. The predicted molar refractivity (Wildman–Crippen MR) is 98.6 cm³/mol. The number of H-pyrrole nitrogens is 1. The summed E-state index contributed by atoms with van der Waals surface area (Å²) in [5, 5.41) is 6.85. The van der Waals surface area contributed by atoms with Crippen molar-refractivity contribution in [3.63, 3.8) is 0 Å². The molecule has 0 spiro atoms. The molecule has 4 rings (SSSR count). The molecule has 0 saturated heterocycles. The molecule has 0 aliphatic heterocycles. The number of aromatic amines is 1. The van der Waals surface area contributed by atoms with Gasteiger partial charge in [-0.1, -0.05) is 30.3 Å². The molecule has 7 heteroatoms. The Balaban J connectivity index is 1.70. The van der Waals surface area contributed by atoms with Gasteiger partial charge in [0.15, 0.2) is 5.69 Å². The van der Waals surface area contributed by atoms with Gasteiger partial charge in [-0.3, -0.25) is 14.9 Å². The lowest BCUT2D eigenvalue weighted by molar-refractivity contribution is 0.101. The minimum Gasteiger partial charge on any atom is -0.324 e. The van der Waals surface area contributed by atoms with E-state index in [4.69, 9.17) is 0 Å².